The van der Waals surface area contributed by atoms with Crippen LogP contribution < -0.4 is 4.74 Å². The van der Waals surface area contributed by atoms with E-state index in [2.05, 4.69) is 5.10 Å². The fourth-order valence-corrected chi connectivity index (χ4v) is 3.74. The number of aliphatic hydroxyl groups is 1. The number of β-amino-alcohol motifs (C(OH)–C–C–N with tert-alkyl or cyclic N) is 1. The molecule has 0 radical (unpaired) electrons. The number of carboxylic acid groups (broad SMARTS) is 1. The van der Waals surface area contributed by atoms with Gasteiger partial charge in [0.05, 0.1) is 11.6 Å². The van der Waals surface area contributed by atoms with E-state index >= 15 is 0 Å². The minimum Gasteiger partial charge on any atom is -0.482 e. The molecule has 2 aromatic heterocycles. The molecule has 29 heavy (non-hydrogen) atoms. The van der Waals surface area contributed by atoms with E-state index in [0.29, 0.717) is 24.3 Å². The molecule has 2 atom stereocenters. The van der Waals surface area contributed by atoms with Crippen LogP contribution in [0.1, 0.15) is 15.9 Å². The lowest BCUT2D eigenvalue weighted by molar-refractivity contribution is -0.139. The third-order valence-corrected chi connectivity index (χ3v) is 5.14. The molecule has 8 heteroatoms. The van der Waals surface area contributed by atoms with Crippen molar-refractivity contribution in [1.82, 2.24) is 14.5 Å². The molecule has 2 N–H and O–H groups in total. The Morgan fingerprint density at radius 3 is 2.86 bits per heavy atom. The van der Waals surface area contributed by atoms with E-state index in [1.54, 1.807) is 33.8 Å². The number of benzene rings is 1. The summed E-state index contributed by atoms with van der Waals surface area (Å²) in [4.78, 5) is 25.2. The molecule has 0 aliphatic carbocycles. The van der Waals surface area contributed by atoms with Gasteiger partial charge in [0.2, 0.25) is 0 Å². The number of aliphatic carboxylic acids is 1. The van der Waals surface area contributed by atoms with E-state index in [9.17, 15) is 14.7 Å². The minimum absolute atomic E-state index is 0.0773. The number of aliphatic hydroxyl groups excluding tert-OH is 1. The smallest absolute Gasteiger partial charge is 0.341 e. The SMILES string of the molecule is O=C(O)COc1cccc(C(=O)N2C[C@@H](Cc3cccn4nccc34)[C@@H](O)C2)c1. The van der Waals surface area contributed by atoms with Crippen molar-refractivity contribution in [3.63, 3.8) is 0 Å². The number of pyridine rings is 1. The molecule has 1 aliphatic heterocycles. The Kier molecular flexibility index (Phi) is 5.18. The van der Waals surface area contributed by atoms with Gasteiger partial charge in [0.25, 0.3) is 5.91 Å². The maximum Gasteiger partial charge on any atom is 0.341 e. The van der Waals surface area contributed by atoms with E-state index in [1.165, 1.54) is 6.07 Å². The predicted octanol–water partition coefficient (Wildman–Crippen LogP) is 1.47. The second-order valence-corrected chi connectivity index (χ2v) is 7.15. The highest BCUT2D eigenvalue weighted by Gasteiger charge is 2.34. The van der Waals surface area contributed by atoms with Gasteiger partial charge >= 0.3 is 5.97 Å². The van der Waals surface area contributed by atoms with Crippen LogP contribution in [-0.2, 0) is 11.2 Å². The van der Waals surface area contributed by atoms with Crippen LogP contribution in [0.4, 0.5) is 0 Å². The zero-order valence-electron chi connectivity index (χ0n) is 15.6. The van der Waals surface area contributed by atoms with Crippen molar-refractivity contribution in [3.05, 3.63) is 66.0 Å². The lowest BCUT2D eigenvalue weighted by atomic mass is 9.96. The standard InChI is InChI=1S/C21H21N3O5/c25-19-12-23(21(28)15-3-1-5-17(10-15)29-13-20(26)27)11-16(19)9-14-4-2-8-24-18(14)6-7-22-24/h1-8,10,16,19,25H,9,11-13H2,(H,26,27)/t16-,19+/m1/s1. The van der Waals surface area contributed by atoms with Crippen molar-refractivity contribution in [3.8, 4) is 5.75 Å². The van der Waals surface area contributed by atoms with Gasteiger partial charge in [0.1, 0.15) is 5.75 Å². The molecule has 0 unspecified atom stereocenters. The molecule has 1 amide bonds. The fourth-order valence-electron chi connectivity index (χ4n) is 3.74. The Labute approximate surface area is 166 Å². The second-order valence-electron chi connectivity index (χ2n) is 7.15. The van der Waals surface area contributed by atoms with Gasteiger partial charge in [-0.15, -0.1) is 0 Å². The van der Waals surface area contributed by atoms with Crippen molar-refractivity contribution in [2.24, 2.45) is 5.92 Å². The average molecular weight is 395 g/mol. The molecule has 0 bridgehead atoms. The van der Waals surface area contributed by atoms with Crippen LogP contribution in [0.2, 0.25) is 0 Å². The topological polar surface area (TPSA) is 104 Å². The number of likely N-dealkylation sites (tertiary alicyclic amines) is 1. The number of aromatic nitrogens is 2. The number of hydrogen-bond acceptors (Lipinski definition) is 5. The molecule has 8 nitrogen and oxygen atoms in total. The normalized spacial score (nSPS) is 18.9. The van der Waals surface area contributed by atoms with Gasteiger partial charge in [0, 0.05) is 37.0 Å². The number of fused-ring (bicyclic) bond motifs is 1. The average Bonchev–Trinajstić information content (AvgIpc) is 3.33. The monoisotopic (exact) mass is 395 g/mol. The molecular formula is C21H21N3O5. The van der Waals surface area contributed by atoms with Gasteiger partial charge in [-0.2, -0.15) is 5.10 Å². The Morgan fingerprint density at radius 2 is 2.03 bits per heavy atom. The van der Waals surface area contributed by atoms with Crippen molar-refractivity contribution in [1.29, 1.82) is 0 Å². The first kappa shape index (κ1) is 18.9. The van der Waals surface area contributed by atoms with Crippen LogP contribution in [0.5, 0.6) is 5.75 Å². The minimum atomic E-state index is -1.08. The first-order valence-electron chi connectivity index (χ1n) is 9.34. The maximum atomic E-state index is 12.9. The van der Waals surface area contributed by atoms with Gasteiger partial charge in [-0.05, 0) is 42.3 Å². The van der Waals surface area contributed by atoms with Crippen molar-refractivity contribution >= 4 is 17.4 Å². The van der Waals surface area contributed by atoms with Crippen LogP contribution in [0.3, 0.4) is 0 Å². The quantitative estimate of drug-likeness (QED) is 0.655. The molecule has 0 saturated carbocycles. The fraction of sp³-hybridized carbons (Fsp3) is 0.286. The summed E-state index contributed by atoms with van der Waals surface area (Å²) >= 11 is 0. The second kappa shape index (κ2) is 7.92. The number of hydrogen-bond donors (Lipinski definition) is 2. The third-order valence-electron chi connectivity index (χ3n) is 5.14. The summed E-state index contributed by atoms with van der Waals surface area (Å²) in [6.45, 7) is 0.226. The van der Waals surface area contributed by atoms with Crippen molar-refractivity contribution in [2.45, 2.75) is 12.5 Å². The summed E-state index contributed by atoms with van der Waals surface area (Å²) in [5, 5.41) is 23.5. The lowest BCUT2D eigenvalue weighted by Crippen LogP contribution is -2.29. The Balaban J connectivity index is 1.45. The predicted molar refractivity (Wildman–Crippen MR) is 104 cm³/mol. The summed E-state index contributed by atoms with van der Waals surface area (Å²) in [5.74, 6) is -1.05. The summed E-state index contributed by atoms with van der Waals surface area (Å²) in [6, 6.07) is 12.3. The largest absolute Gasteiger partial charge is 0.482 e. The van der Waals surface area contributed by atoms with Crippen molar-refractivity contribution in [2.75, 3.05) is 19.7 Å². The van der Waals surface area contributed by atoms with E-state index in [4.69, 9.17) is 9.84 Å². The van der Waals surface area contributed by atoms with Gasteiger partial charge in [-0.1, -0.05) is 12.1 Å². The highest BCUT2D eigenvalue weighted by Crippen LogP contribution is 2.25. The highest BCUT2D eigenvalue weighted by atomic mass is 16.5. The van der Waals surface area contributed by atoms with Gasteiger partial charge in [-0.3, -0.25) is 4.79 Å². The summed E-state index contributed by atoms with van der Waals surface area (Å²) in [6.07, 6.45) is 3.63. The molecule has 1 saturated heterocycles. The number of ether oxygens (including phenoxy) is 1. The highest BCUT2D eigenvalue weighted by molar-refractivity contribution is 5.94. The summed E-state index contributed by atoms with van der Waals surface area (Å²) in [7, 11) is 0. The van der Waals surface area contributed by atoms with Gasteiger partial charge in [-0.25, -0.2) is 9.31 Å². The van der Waals surface area contributed by atoms with Crippen LogP contribution in [0.25, 0.3) is 5.52 Å². The molecule has 150 valence electrons. The van der Waals surface area contributed by atoms with E-state index < -0.39 is 18.7 Å². The van der Waals surface area contributed by atoms with Crippen molar-refractivity contribution < 1.29 is 24.5 Å². The van der Waals surface area contributed by atoms with Crippen LogP contribution in [0.15, 0.2) is 54.9 Å². The van der Waals surface area contributed by atoms with Crippen LogP contribution in [-0.4, -0.2) is 62.4 Å². The van der Waals surface area contributed by atoms with E-state index in [1.807, 2.05) is 24.4 Å². The maximum absolute atomic E-state index is 12.9. The number of carbonyl (C=O) groups excluding carboxylic acids is 1. The zero-order valence-corrected chi connectivity index (χ0v) is 15.6. The first-order chi connectivity index (χ1) is 14.0. The zero-order chi connectivity index (χ0) is 20.4. The Morgan fingerprint density at radius 1 is 1.17 bits per heavy atom. The number of nitrogens with zero attached hydrogens (tertiary/aromatic N) is 3. The molecule has 1 fully saturated rings. The van der Waals surface area contributed by atoms with E-state index in [0.717, 1.165) is 11.1 Å². The number of carbonyl (C=O) groups is 2. The molecule has 4 rings (SSSR count). The summed E-state index contributed by atoms with van der Waals surface area (Å²) < 4.78 is 6.94. The number of carboxylic acids is 1. The van der Waals surface area contributed by atoms with Gasteiger partial charge in [0.15, 0.2) is 6.61 Å². The van der Waals surface area contributed by atoms with Gasteiger partial charge < -0.3 is 19.8 Å². The molecule has 1 aromatic carbocycles. The first-order valence-corrected chi connectivity index (χ1v) is 9.34. The number of amides is 1. The molecule has 0 spiro atoms. The molecule has 1 aliphatic rings. The molecule has 3 aromatic rings. The number of rotatable bonds is 6. The van der Waals surface area contributed by atoms with Crippen LogP contribution in [0, 0.1) is 5.92 Å². The third kappa shape index (κ3) is 4.07. The summed E-state index contributed by atoms with van der Waals surface area (Å²) in [5.41, 5.74) is 2.47. The Hall–Kier alpha value is -3.39. The molecule has 3 heterocycles. The Bertz CT molecular complexity index is 1050. The molecular weight excluding hydrogens is 374 g/mol. The lowest BCUT2D eigenvalue weighted by Gasteiger charge is -2.17. The van der Waals surface area contributed by atoms with Crippen LogP contribution >= 0.6 is 0 Å². The van der Waals surface area contributed by atoms with E-state index in [-0.39, 0.29) is 18.4 Å².